The molecular formula is C33H42F2O. The van der Waals surface area contributed by atoms with Gasteiger partial charge in [-0.25, -0.2) is 0 Å². The van der Waals surface area contributed by atoms with Crippen molar-refractivity contribution in [3.8, 4) is 0 Å². The van der Waals surface area contributed by atoms with Gasteiger partial charge in [-0.05, 0) is 110 Å². The van der Waals surface area contributed by atoms with Crippen LogP contribution in [-0.4, -0.2) is 6.11 Å². The first-order chi connectivity index (χ1) is 17.5. The molecule has 2 aromatic carbocycles. The fourth-order valence-electron chi connectivity index (χ4n) is 6.10. The fraction of sp³-hybridized carbons (Fsp3) is 0.515. The van der Waals surface area contributed by atoms with Crippen LogP contribution >= 0.6 is 0 Å². The number of hydrogen-bond donors (Lipinski definition) is 0. The van der Waals surface area contributed by atoms with Gasteiger partial charge in [-0.2, -0.15) is 8.78 Å². The third kappa shape index (κ3) is 7.62. The summed E-state index contributed by atoms with van der Waals surface area (Å²) in [6.07, 6.45) is 12.4. The predicted octanol–water partition coefficient (Wildman–Crippen LogP) is 9.74. The Morgan fingerprint density at radius 1 is 0.750 bits per heavy atom. The first-order valence-electron chi connectivity index (χ1n) is 13.9. The Morgan fingerprint density at radius 2 is 1.28 bits per heavy atom. The highest BCUT2D eigenvalue weighted by molar-refractivity contribution is 5.27. The molecule has 0 bridgehead atoms. The summed E-state index contributed by atoms with van der Waals surface area (Å²) in [5, 5.41) is 0. The molecular weight excluding hydrogens is 450 g/mol. The molecule has 36 heavy (non-hydrogen) atoms. The third-order valence-corrected chi connectivity index (χ3v) is 8.49. The van der Waals surface area contributed by atoms with Crippen molar-refractivity contribution in [2.75, 3.05) is 0 Å². The minimum atomic E-state index is -3.19. The van der Waals surface area contributed by atoms with Crippen molar-refractivity contribution in [3.05, 3.63) is 96.1 Å². The number of benzene rings is 2. The topological polar surface area (TPSA) is 9.23 Å². The molecule has 0 radical (unpaired) electrons. The standard InChI is InChI=1S/C33H42F2O/c1-3-5-6-26-9-17-30(18-10-26)31-19-11-27(12-20-31)23-33(34,35)36-24-28-13-21-32(22-14-28)29-15-7-25(4-2)8-16-29/h3-4,11-14,19-22,25-26,29-30H,1-2,5-10,15-18,23-24H2. The van der Waals surface area contributed by atoms with Gasteiger partial charge < -0.3 is 4.74 Å². The summed E-state index contributed by atoms with van der Waals surface area (Å²) >= 11 is 0. The molecule has 4 rings (SSSR count). The highest BCUT2D eigenvalue weighted by atomic mass is 19.3. The minimum Gasteiger partial charge on any atom is -0.315 e. The van der Waals surface area contributed by atoms with Crippen molar-refractivity contribution < 1.29 is 13.5 Å². The molecule has 0 unspecified atom stereocenters. The summed E-state index contributed by atoms with van der Waals surface area (Å²) in [5.41, 5.74) is 3.99. The maximum absolute atomic E-state index is 14.6. The Hall–Kier alpha value is -2.26. The molecule has 2 saturated carbocycles. The largest absolute Gasteiger partial charge is 0.360 e. The van der Waals surface area contributed by atoms with E-state index in [4.69, 9.17) is 4.74 Å². The lowest BCUT2D eigenvalue weighted by molar-refractivity contribution is -0.244. The quantitative estimate of drug-likeness (QED) is 0.284. The summed E-state index contributed by atoms with van der Waals surface area (Å²) in [6.45, 7) is 7.66. The molecule has 194 valence electrons. The second kappa shape index (κ2) is 12.8. The van der Waals surface area contributed by atoms with Gasteiger partial charge in [0.25, 0.3) is 0 Å². The van der Waals surface area contributed by atoms with Gasteiger partial charge in [-0.3, -0.25) is 0 Å². The van der Waals surface area contributed by atoms with Crippen LogP contribution in [0.1, 0.15) is 98.3 Å². The van der Waals surface area contributed by atoms with Crippen molar-refractivity contribution >= 4 is 0 Å². The van der Waals surface area contributed by atoms with Gasteiger partial charge in [-0.15, -0.1) is 13.2 Å². The molecule has 2 fully saturated rings. The average molecular weight is 493 g/mol. The van der Waals surface area contributed by atoms with Crippen LogP contribution in [0.25, 0.3) is 0 Å². The molecule has 0 aliphatic heterocycles. The van der Waals surface area contributed by atoms with E-state index in [1.54, 1.807) is 0 Å². The van der Waals surface area contributed by atoms with Gasteiger partial charge in [0.1, 0.15) is 0 Å². The Bertz CT molecular complexity index is 946. The lowest BCUT2D eigenvalue weighted by Gasteiger charge is -2.28. The molecule has 0 spiro atoms. The zero-order chi connectivity index (χ0) is 25.4. The van der Waals surface area contributed by atoms with Gasteiger partial charge in [0, 0.05) is 0 Å². The summed E-state index contributed by atoms with van der Waals surface area (Å²) < 4.78 is 34.3. The Balaban J connectivity index is 1.23. The van der Waals surface area contributed by atoms with Crippen LogP contribution in [0.3, 0.4) is 0 Å². The Morgan fingerprint density at radius 3 is 1.81 bits per heavy atom. The molecule has 0 aromatic heterocycles. The van der Waals surface area contributed by atoms with Crippen molar-refractivity contribution in [2.45, 2.75) is 95.2 Å². The van der Waals surface area contributed by atoms with Crippen LogP contribution in [0, 0.1) is 11.8 Å². The van der Waals surface area contributed by atoms with E-state index in [-0.39, 0.29) is 6.61 Å². The van der Waals surface area contributed by atoms with Crippen LogP contribution < -0.4 is 0 Å². The SMILES string of the molecule is C=CCCC1CCC(c2ccc(CC(F)(F)OCc3ccc(C4CCC(C=C)CC4)cc3)cc2)CC1. The van der Waals surface area contributed by atoms with Crippen LogP contribution in [0.15, 0.2) is 73.8 Å². The minimum absolute atomic E-state index is 0.0797. The molecule has 0 amide bonds. The van der Waals surface area contributed by atoms with Crippen molar-refractivity contribution in [1.29, 1.82) is 0 Å². The lowest BCUT2D eigenvalue weighted by Crippen LogP contribution is -2.23. The Kier molecular flexibility index (Phi) is 9.53. The van der Waals surface area contributed by atoms with Crippen molar-refractivity contribution in [1.82, 2.24) is 0 Å². The Labute approximate surface area is 216 Å². The molecule has 3 heteroatoms. The molecule has 0 atom stereocenters. The maximum Gasteiger partial charge on any atom is 0.360 e. The zero-order valence-electron chi connectivity index (χ0n) is 21.6. The number of hydrogen-bond acceptors (Lipinski definition) is 1. The second-order valence-corrected chi connectivity index (χ2v) is 11.0. The smallest absolute Gasteiger partial charge is 0.315 e. The maximum atomic E-state index is 14.6. The van der Waals surface area contributed by atoms with E-state index in [2.05, 4.69) is 31.4 Å². The van der Waals surface area contributed by atoms with Gasteiger partial charge in [0.15, 0.2) is 0 Å². The lowest BCUT2D eigenvalue weighted by atomic mass is 9.77. The predicted molar refractivity (Wildman–Crippen MR) is 145 cm³/mol. The highest BCUT2D eigenvalue weighted by Gasteiger charge is 2.31. The van der Waals surface area contributed by atoms with Gasteiger partial charge >= 0.3 is 6.11 Å². The monoisotopic (exact) mass is 492 g/mol. The molecule has 0 heterocycles. The van der Waals surface area contributed by atoms with E-state index < -0.39 is 12.5 Å². The highest BCUT2D eigenvalue weighted by Crippen LogP contribution is 2.38. The molecule has 2 aliphatic carbocycles. The number of halogens is 2. The fourth-order valence-corrected chi connectivity index (χ4v) is 6.10. The second-order valence-electron chi connectivity index (χ2n) is 11.0. The molecule has 1 nitrogen and oxygen atoms in total. The van der Waals surface area contributed by atoms with E-state index in [1.165, 1.54) is 68.9 Å². The van der Waals surface area contributed by atoms with E-state index in [9.17, 15) is 8.78 Å². The molecule has 0 N–H and O–H groups in total. The average Bonchev–Trinajstić information content (AvgIpc) is 2.92. The van der Waals surface area contributed by atoms with Crippen molar-refractivity contribution in [3.63, 3.8) is 0 Å². The molecule has 2 aliphatic rings. The summed E-state index contributed by atoms with van der Waals surface area (Å²) in [4.78, 5) is 0. The molecule has 0 saturated heterocycles. The normalized spacial score (nSPS) is 24.8. The van der Waals surface area contributed by atoms with Crippen LogP contribution in [-0.2, 0) is 17.8 Å². The third-order valence-electron chi connectivity index (χ3n) is 8.49. The summed E-state index contributed by atoms with van der Waals surface area (Å²) in [6, 6.07) is 15.8. The van der Waals surface area contributed by atoms with Gasteiger partial charge in [-0.1, -0.05) is 60.7 Å². The van der Waals surface area contributed by atoms with Crippen LogP contribution in [0.2, 0.25) is 0 Å². The van der Waals surface area contributed by atoms with E-state index in [1.807, 2.05) is 42.5 Å². The summed E-state index contributed by atoms with van der Waals surface area (Å²) in [5.74, 6) is 2.56. The van der Waals surface area contributed by atoms with E-state index >= 15 is 0 Å². The number of alkyl halides is 2. The summed E-state index contributed by atoms with van der Waals surface area (Å²) in [7, 11) is 0. The first kappa shape index (κ1) is 26.8. The van der Waals surface area contributed by atoms with E-state index in [0.29, 0.717) is 23.3 Å². The van der Waals surface area contributed by atoms with Crippen molar-refractivity contribution in [2.24, 2.45) is 11.8 Å². The number of rotatable bonds is 11. The van der Waals surface area contributed by atoms with Gasteiger partial charge in [0.05, 0.1) is 13.0 Å². The molecule has 2 aromatic rings. The number of ether oxygens (including phenoxy) is 1. The van der Waals surface area contributed by atoms with Crippen LogP contribution in [0.5, 0.6) is 0 Å². The van der Waals surface area contributed by atoms with Crippen LogP contribution in [0.4, 0.5) is 8.78 Å². The van der Waals surface area contributed by atoms with E-state index in [0.717, 1.165) is 17.9 Å². The number of allylic oxidation sites excluding steroid dienone is 2. The zero-order valence-corrected chi connectivity index (χ0v) is 21.6. The first-order valence-corrected chi connectivity index (χ1v) is 13.9. The van der Waals surface area contributed by atoms with Gasteiger partial charge in [0.2, 0.25) is 0 Å².